The predicted molar refractivity (Wildman–Crippen MR) is 64.6 cm³/mol. The highest BCUT2D eigenvalue weighted by molar-refractivity contribution is 6.05. The van der Waals surface area contributed by atoms with Crippen molar-refractivity contribution in [1.29, 1.82) is 0 Å². The van der Waals surface area contributed by atoms with Crippen LogP contribution in [0.1, 0.15) is 19.0 Å². The van der Waals surface area contributed by atoms with Gasteiger partial charge in [0.15, 0.2) is 0 Å². The number of amides is 1. The first-order valence-electron chi connectivity index (χ1n) is 5.71. The average Bonchev–Trinajstić information content (AvgIpc) is 2.62. The second kappa shape index (κ2) is 3.37. The molecule has 0 bridgehead atoms. The first-order valence-corrected chi connectivity index (χ1v) is 5.71. The summed E-state index contributed by atoms with van der Waals surface area (Å²) in [5.74, 6) is 0.131. The van der Waals surface area contributed by atoms with Gasteiger partial charge >= 0.3 is 0 Å². The molecule has 3 rings (SSSR count). The SMILES string of the molecule is CCn1c2c(c3ccccc31)NC(=O)CC2. The van der Waals surface area contributed by atoms with Gasteiger partial charge in [-0.1, -0.05) is 18.2 Å². The standard InChI is InChI=1S/C13H14N2O/c1-2-15-10-6-4-3-5-9(10)13-11(15)7-8-12(16)14-13/h3-6H,2,7-8H2,1H3,(H,14,16). The minimum absolute atomic E-state index is 0.131. The molecule has 1 amide bonds. The van der Waals surface area contributed by atoms with Crippen LogP contribution in [0.3, 0.4) is 0 Å². The van der Waals surface area contributed by atoms with Crippen LogP contribution in [0, 0.1) is 0 Å². The summed E-state index contributed by atoms with van der Waals surface area (Å²) in [6, 6.07) is 8.25. The fourth-order valence-electron chi connectivity index (χ4n) is 2.55. The molecule has 1 aromatic carbocycles. The summed E-state index contributed by atoms with van der Waals surface area (Å²) in [4.78, 5) is 11.4. The molecule has 0 aliphatic carbocycles. The average molecular weight is 214 g/mol. The van der Waals surface area contributed by atoms with Crippen molar-refractivity contribution in [3.63, 3.8) is 0 Å². The van der Waals surface area contributed by atoms with Gasteiger partial charge in [-0.05, 0) is 19.4 Å². The van der Waals surface area contributed by atoms with Crippen LogP contribution in [0.2, 0.25) is 0 Å². The fourth-order valence-corrected chi connectivity index (χ4v) is 2.55. The van der Waals surface area contributed by atoms with Crippen LogP contribution >= 0.6 is 0 Å². The molecular weight excluding hydrogens is 200 g/mol. The molecule has 0 saturated heterocycles. The lowest BCUT2D eigenvalue weighted by Crippen LogP contribution is -2.19. The quantitative estimate of drug-likeness (QED) is 0.777. The molecule has 1 aromatic heterocycles. The topological polar surface area (TPSA) is 34.0 Å². The van der Waals surface area contributed by atoms with Crippen molar-refractivity contribution in [3.8, 4) is 0 Å². The summed E-state index contributed by atoms with van der Waals surface area (Å²) >= 11 is 0. The molecule has 16 heavy (non-hydrogen) atoms. The highest BCUT2D eigenvalue weighted by atomic mass is 16.1. The van der Waals surface area contributed by atoms with E-state index in [0.29, 0.717) is 6.42 Å². The molecule has 0 spiro atoms. The van der Waals surface area contributed by atoms with Crippen molar-refractivity contribution in [2.24, 2.45) is 0 Å². The number of nitrogens with zero attached hydrogens (tertiary/aromatic N) is 1. The maximum absolute atomic E-state index is 11.4. The third kappa shape index (κ3) is 1.18. The normalized spacial score (nSPS) is 14.9. The van der Waals surface area contributed by atoms with Gasteiger partial charge in [0.1, 0.15) is 0 Å². The Morgan fingerprint density at radius 2 is 2.12 bits per heavy atom. The molecule has 2 heterocycles. The maximum Gasteiger partial charge on any atom is 0.224 e. The number of rotatable bonds is 1. The molecule has 82 valence electrons. The molecule has 2 aromatic rings. The molecular formula is C13H14N2O. The Morgan fingerprint density at radius 1 is 1.31 bits per heavy atom. The van der Waals surface area contributed by atoms with Crippen LogP contribution in [0.4, 0.5) is 5.69 Å². The summed E-state index contributed by atoms with van der Waals surface area (Å²) in [6.45, 7) is 3.09. The van der Waals surface area contributed by atoms with Gasteiger partial charge in [0.05, 0.1) is 11.2 Å². The van der Waals surface area contributed by atoms with E-state index in [2.05, 4.69) is 28.9 Å². The molecule has 1 N–H and O–H groups in total. The first-order chi connectivity index (χ1) is 7.81. The number of carbonyl (C=O) groups is 1. The molecule has 3 heteroatoms. The van der Waals surface area contributed by atoms with Crippen molar-refractivity contribution >= 4 is 22.5 Å². The van der Waals surface area contributed by atoms with Gasteiger partial charge in [-0.15, -0.1) is 0 Å². The Kier molecular flexibility index (Phi) is 1.99. The summed E-state index contributed by atoms with van der Waals surface area (Å²) in [7, 11) is 0. The monoisotopic (exact) mass is 214 g/mol. The highest BCUT2D eigenvalue weighted by Crippen LogP contribution is 2.34. The Bertz CT molecular complexity index is 569. The van der Waals surface area contributed by atoms with E-state index in [1.165, 1.54) is 11.2 Å². The molecule has 3 nitrogen and oxygen atoms in total. The number of anilines is 1. The van der Waals surface area contributed by atoms with E-state index in [4.69, 9.17) is 0 Å². The minimum atomic E-state index is 0.131. The maximum atomic E-state index is 11.4. The Hall–Kier alpha value is -1.77. The molecule has 0 fully saturated rings. The van der Waals surface area contributed by atoms with Crippen LogP contribution in [-0.2, 0) is 17.8 Å². The van der Waals surface area contributed by atoms with Crippen molar-refractivity contribution in [2.45, 2.75) is 26.3 Å². The van der Waals surface area contributed by atoms with Crippen LogP contribution in [0.15, 0.2) is 24.3 Å². The van der Waals surface area contributed by atoms with Gasteiger partial charge in [-0.25, -0.2) is 0 Å². The van der Waals surface area contributed by atoms with Crippen molar-refractivity contribution in [1.82, 2.24) is 4.57 Å². The number of benzene rings is 1. The number of aromatic nitrogens is 1. The number of carbonyl (C=O) groups excluding carboxylic acids is 1. The third-order valence-corrected chi connectivity index (χ3v) is 3.25. The fraction of sp³-hybridized carbons (Fsp3) is 0.308. The van der Waals surface area contributed by atoms with E-state index in [0.717, 1.165) is 24.0 Å². The molecule has 1 aliphatic heterocycles. The zero-order chi connectivity index (χ0) is 11.1. The zero-order valence-corrected chi connectivity index (χ0v) is 9.29. The molecule has 0 radical (unpaired) electrons. The summed E-state index contributed by atoms with van der Waals surface area (Å²) in [6.07, 6.45) is 1.45. The number of para-hydroxylation sites is 1. The van der Waals surface area contributed by atoms with E-state index in [1.54, 1.807) is 0 Å². The number of hydrogen-bond donors (Lipinski definition) is 1. The summed E-state index contributed by atoms with van der Waals surface area (Å²) < 4.78 is 2.30. The van der Waals surface area contributed by atoms with Crippen LogP contribution in [-0.4, -0.2) is 10.5 Å². The Labute approximate surface area is 94.1 Å². The predicted octanol–water partition coefficient (Wildman–Crippen LogP) is 2.55. The van der Waals surface area contributed by atoms with E-state index in [9.17, 15) is 4.79 Å². The van der Waals surface area contributed by atoms with Gasteiger partial charge in [0.25, 0.3) is 0 Å². The van der Waals surface area contributed by atoms with E-state index >= 15 is 0 Å². The van der Waals surface area contributed by atoms with E-state index in [1.807, 2.05) is 12.1 Å². The van der Waals surface area contributed by atoms with Crippen molar-refractivity contribution in [3.05, 3.63) is 30.0 Å². The van der Waals surface area contributed by atoms with Gasteiger partial charge < -0.3 is 9.88 Å². The number of hydrogen-bond acceptors (Lipinski definition) is 1. The van der Waals surface area contributed by atoms with E-state index in [-0.39, 0.29) is 5.91 Å². The van der Waals surface area contributed by atoms with Gasteiger partial charge in [0, 0.05) is 24.0 Å². The van der Waals surface area contributed by atoms with Gasteiger partial charge in [-0.3, -0.25) is 4.79 Å². The molecule has 0 unspecified atom stereocenters. The van der Waals surface area contributed by atoms with Crippen molar-refractivity contribution in [2.75, 3.05) is 5.32 Å². The lowest BCUT2D eigenvalue weighted by Gasteiger charge is -2.15. The van der Waals surface area contributed by atoms with Crippen LogP contribution < -0.4 is 5.32 Å². The van der Waals surface area contributed by atoms with Crippen LogP contribution in [0.25, 0.3) is 10.9 Å². The second-order valence-corrected chi connectivity index (χ2v) is 4.13. The Balaban J connectivity index is 2.35. The minimum Gasteiger partial charge on any atom is -0.343 e. The zero-order valence-electron chi connectivity index (χ0n) is 9.29. The second-order valence-electron chi connectivity index (χ2n) is 4.13. The smallest absolute Gasteiger partial charge is 0.224 e. The molecule has 1 aliphatic rings. The van der Waals surface area contributed by atoms with Gasteiger partial charge in [0.2, 0.25) is 5.91 Å². The summed E-state index contributed by atoms with van der Waals surface area (Å²) in [5.41, 5.74) is 3.51. The lowest BCUT2D eigenvalue weighted by atomic mass is 10.1. The largest absolute Gasteiger partial charge is 0.343 e. The van der Waals surface area contributed by atoms with Gasteiger partial charge in [-0.2, -0.15) is 0 Å². The first kappa shape index (κ1) is 9.46. The third-order valence-electron chi connectivity index (χ3n) is 3.25. The number of nitrogens with one attached hydrogen (secondary N) is 1. The summed E-state index contributed by atoms with van der Waals surface area (Å²) in [5, 5.41) is 4.16. The number of aryl methyl sites for hydroxylation is 1. The molecule has 0 saturated carbocycles. The Morgan fingerprint density at radius 3 is 2.94 bits per heavy atom. The molecule has 0 atom stereocenters. The van der Waals surface area contributed by atoms with Crippen molar-refractivity contribution < 1.29 is 4.79 Å². The van der Waals surface area contributed by atoms with E-state index < -0.39 is 0 Å². The number of fused-ring (bicyclic) bond motifs is 3. The van der Waals surface area contributed by atoms with Crippen LogP contribution in [0.5, 0.6) is 0 Å². The highest BCUT2D eigenvalue weighted by Gasteiger charge is 2.22. The lowest BCUT2D eigenvalue weighted by molar-refractivity contribution is -0.116.